The second kappa shape index (κ2) is 8.62. The van der Waals surface area contributed by atoms with Crippen LogP contribution in [0.4, 0.5) is 0 Å². The average molecular weight is 406 g/mol. The van der Waals surface area contributed by atoms with Gasteiger partial charge in [0.05, 0.1) is 26.7 Å². The number of aromatic nitrogens is 2. The SMILES string of the molecule is CC(C(=O)NCCc1nc(-c2ccncc2)cs1)c1ccc(Cl)c(Cl)c1. The number of rotatable bonds is 6. The Morgan fingerprint density at radius 1 is 1.19 bits per heavy atom. The van der Waals surface area contributed by atoms with Gasteiger partial charge in [0.15, 0.2) is 0 Å². The van der Waals surface area contributed by atoms with Gasteiger partial charge in [-0.05, 0) is 36.8 Å². The first kappa shape index (κ1) is 18.8. The van der Waals surface area contributed by atoms with E-state index in [1.165, 1.54) is 0 Å². The number of hydrogen-bond acceptors (Lipinski definition) is 4. The summed E-state index contributed by atoms with van der Waals surface area (Å²) >= 11 is 13.5. The average Bonchev–Trinajstić information content (AvgIpc) is 3.13. The number of carbonyl (C=O) groups excluding carboxylic acids is 1. The molecule has 3 aromatic rings. The van der Waals surface area contributed by atoms with E-state index in [9.17, 15) is 4.79 Å². The molecule has 0 aliphatic carbocycles. The Morgan fingerprint density at radius 2 is 1.96 bits per heavy atom. The van der Waals surface area contributed by atoms with Crippen LogP contribution in [0.1, 0.15) is 23.4 Å². The molecule has 0 saturated carbocycles. The topological polar surface area (TPSA) is 54.9 Å². The van der Waals surface area contributed by atoms with Crippen molar-refractivity contribution in [1.82, 2.24) is 15.3 Å². The maximum Gasteiger partial charge on any atom is 0.227 e. The van der Waals surface area contributed by atoms with Gasteiger partial charge in [-0.3, -0.25) is 9.78 Å². The molecule has 0 aliphatic heterocycles. The maximum atomic E-state index is 12.3. The number of hydrogen-bond donors (Lipinski definition) is 1. The molecule has 1 N–H and O–H groups in total. The van der Waals surface area contributed by atoms with Gasteiger partial charge >= 0.3 is 0 Å². The van der Waals surface area contributed by atoms with E-state index in [0.29, 0.717) is 23.0 Å². The van der Waals surface area contributed by atoms with Gasteiger partial charge in [0.1, 0.15) is 0 Å². The molecule has 1 amide bonds. The van der Waals surface area contributed by atoms with Gasteiger partial charge in [0, 0.05) is 36.3 Å². The van der Waals surface area contributed by atoms with Crippen molar-refractivity contribution in [2.45, 2.75) is 19.3 Å². The summed E-state index contributed by atoms with van der Waals surface area (Å²) in [6, 6.07) is 9.12. The molecule has 0 radical (unpaired) electrons. The van der Waals surface area contributed by atoms with Gasteiger partial charge in [0.2, 0.25) is 5.91 Å². The van der Waals surface area contributed by atoms with Crippen molar-refractivity contribution in [3.8, 4) is 11.3 Å². The number of nitrogens with one attached hydrogen (secondary N) is 1. The van der Waals surface area contributed by atoms with Crippen LogP contribution in [0.3, 0.4) is 0 Å². The van der Waals surface area contributed by atoms with E-state index < -0.39 is 0 Å². The highest BCUT2D eigenvalue weighted by Crippen LogP contribution is 2.26. The fraction of sp³-hybridized carbons (Fsp3) is 0.211. The van der Waals surface area contributed by atoms with Crippen LogP contribution in [-0.4, -0.2) is 22.4 Å². The molecule has 1 atom stereocenters. The van der Waals surface area contributed by atoms with Crippen molar-refractivity contribution < 1.29 is 4.79 Å². The van der Waals surface area contributed by atoms with Gasteiger partial charge in [-0.1, -0.05) is 29.3 Å². The summed E-state index contributed by atoms with van der Waals surface area (Å²) in [4.78, 5) is 21.0. The third-order valence-electron chi connectivity index (χ3n) is 4.00. The van der Waals surface area contributed by atoms with Gasteiger partial charge in [0.25, 0.3) is 0 Å². The highest BCUT2D eigenvalue weighted by molar-refractivity contribution is 7.09. The minimum atomic E-state index is -0.298. The molecule has 0 aliphatic rings. The first-order valence-electron chi connectivity index (χ1n) is 8.12. The Balaban J connectivity index is 1.53. The van der Waals surface area contributed by atoms with E-state index in [2.05, 4.69) is 15.3 Å². The third kappa shape index (κ3) is 4.61. The Labute approximate surface area is 166 Å². The minimum absolute atomic E-state index is 0.0469. The van der Waals surface area contributed by atoms with Crippen LogP contribution >= 0.6 is 34.5 Å². The molecule has 2 aromatic heterocycles. The van der Waals surface area contributed by atoms with Gasteiger partial charge < -0.3 is 5.32 Å². The summed E-state index contributed by atoms with van der Waals surface area (Å²) in [5, 5.41) is 6.90. The molecule has 4 nitrogen and oxygen atoms in total. The molecule has 2 heterocycles. The first-order chi connectivity index (χ1) is 12.5. The molecule has 3 rings (SSSR count). The number of thiazole rings is 1. The molecule has 0 fully saturated rings. The van der Waals surface area contributed by atoms with Crippen molar-refractivity contribution in [3.05, 3.63) is 68.7 Å². The van der Waals surface area contributed by atoms with Crippen LogP contribution in [0, 0.1) is 0 Å². The second-order valence-corrected chi connectivity index (χ2v) is 7.56. The van der Waals surface area contributed by atoms with E-state index in [4.69, 9.17) is 23.2 Å². The summed E-state index contributed by atoms with van der Waals surface area (Å²) in [7, 11) is 0. The van der Waals surface area contributed by atoms with E-state index in [-0.39, 0.29) is 11.8 Å². The highest BCUT2D eigenvalue weighted by atomic mass is 35.5. The third-order valence-corrected chi connectivity index (χ3v) is 5.65. The molecule has 1 aromatic carbocycles. The molecule has 1 unspecified atom stereocenters. The lowest BCUT2D eigenvalue weighted by atomic mass is 10.0. The van der Waals surface area contributed by atoms with Gasteiger partial charge in [-0.2, -0.15) is 0 Å². The largest absolute Gasteiger partial charge is 0.355 e. The zero-order chi connectivity index (χ0) is 18.5. The highest BCUT2D eigenvalue weighted by Gasteiger charge is 2.16. The predicted octanol–water partition coefficient (Wildman–Crippen LogP) is 4.97. The molecule has 0 spiro atoms. The van der Waals surface area contributed by atoms with Gasteiger partial charge in [-0.15, -0.1) is 11.3 Å². The summed E-state index contributed by atoms with van der Waals surface area (Å²) < 4.78 is 0. The first-order valence-corrected chi connectivity index (χ1v) is 9.75. The van der Waals surface area contributed by atoms with E-state index >= 15 is 0 Å². The maximum absolute atomic E-state index is 12.3. The van der Waals surface area contributed by atoms with Crippen LogP contribution in [0.5, 0.6) is 0 Å². The summed E-state index contributed by atoms with van der Waals surface area (Å²) in [6.07, 6.45) is 4.19. The Kier molecular flexibility index (Phi) is 6.25. The summed E-state index contributed by atoms with van der Waals surface area (Å²) in [5.41, 5.74) is 2.81. The quantitative estimate of drug-likeness (QED) is 0.629. The van der Waals surface area contributed by atoms with E-state index in [1.807, 2.05) is 30.5 Å². The fourth-order valence-electron chi connectivity index (χ4n) is 2.46. The van der Waals surface area contributed by atoms with Crippen LogP contribution in [0.15, 0.2) is 48.1 Å². The normalized spacial score (nSPS) is 12.0. The van der Waals surface area contributed by atoms with Crippen LogP contribution in [0.2, 0.25) is 10.0 Å². The molecule has 0 bridgehead atoms. The predicted molar refractivity (Wildman–Crippen MR) is 107 cm³/mol. The van der Waals surface area contributed by atoms with Crippen molar-refractivity contribution in [2.24, 2.45) is 0 Å². The molecule has 134 valence electrons. The van der Waals surface area contributed by atoms with Crippen molar-refractivity contribution in [2.75, 3.05) is 6.54 Å². The second-order valence-electron chi connectivity index (χ2n) is 5.80. The zero-order valence-electron chi connectivity index (χ0n) is 14.1. The lowest BCUT2D eigenvalue weighted by molar-refractivity contribution is -0.122. The minimum Gasteiger partial charge on any atom is -0.355 e. The van der Waals surface area contributed by atoms with Crippen molar-refractivity contribution in [3.63, 3.8) is 0 Å². The molecule has 26 heavy (non-hydrogen) atoms. The van der Waals surface area contributed by atoms with E-state index in [1.54, 1.807) is 35.9 Å². The number of carbonyl (C=O) groups is 1. The molecular weight excluding hydrogens is 389 g/mol. The Bertz CT molecular complexity index is 899. The zero-order valence-corrected chi connectivity index (χ0v) is 16.4. The number of halogens is 2. The van der Waals surface area contributed by atoms with Crippen molar-refractivity contribution >= 4 is 40.4 Å². The van der Waals surface area contributed by atoms with Crippen molar-refractivity contribution in [1.29, 1.82) is 0 Å². The van der Waals surface area contributed by atoms with E-state index in [0.717, 1.165) is 21.8 Å². The number of amides is 1. The van der Waals surface area contributed by atoms with Crippen LogP contribution in [0.25, 0.3) is 11.3 Å². The summed E-state index contributed by atoms with van der Waals surface area (Å²) in [5.74, 6) is -0.345. The summed E-state index contributed by atoms with van der Waals surface area (Å²) in [6.45, 7) is 2.38. The monoisotopic (exact) mass is 405 g/mol. The lowest BCUT2D eigenvalue weighted by Gasteiger charge is -2.13. The number of nitrogens with zero attached hydrogens (tertiary/aromatic N) is 2. The fourth-order valence-corrected chi connectivity index (χ4v) is 3.57. The number of pyridine rings is 1. The van der Waals surface area contributed by atoms with Gasteiger partial charge in [-0.25, -0.2) is 4.98 Å². The van der Waals surface area contributed by atoms with Crippen LogP contribution < -0.4 is 5.32 Å². The Morgan fingerprint density at radius 3 is 2.69 bits per heavy atom. The van der Waals surface area contributed by atoms with Crippen LogP contribution in [-0.2, 0) is 11.2 Å². The Hall–Kier alpha value is -1.95. The molecular formula is C19H17Cl2N3OS. The molecule has 0 saturated heterocycles. The smallest absolute Gasteiger partial charge is 0.227 e. The lowest BCUT2D eigenvalue weighted by Crippen LogP contribution is -2.29. The standard InChI is InChI=1S/C19H17Cl2N3OS/c1-12(14-2-3-15(20)16(21)10-14)19(25)23-9-6-18-24-17(11-26-18)13-4-7-22-8-5-13/h2-5,7-8,10-12H,6,9H2,1H3,(H,23,25). The number of benzene rings is 1. The molecule has 7 heteroatoms.